The zero-order valence-corrected chi connectivity index (χ0v) is 22.0. The minimum Gasteiger partial charge on any atom is -0.507 e. The number of phenols is 4. The highest BCUT2D eigenvalue weighted by molar-refractivity contribution is 7.48. The molecule has 0 bridgehead atoms. The predicted octanol–water partition coefficient (Wildman–Crippen LogP) is 7.69. The molecule has 0 spiro atoms. The monoisotopic (exact) mass is 564 g/mol. The van der Waals surface area contributed by atoms with Crippen LogP contribution in [0, 0.1) is 0 Å². The van der Waals surface area contributed by atoms with E-state index in [4.69, 9.17) is 9.05 Å². The highest BCUT2D eigenvalue weighted by Crippen LogP contribution is 2.63. The molecule has 7 rings (SSSR count). The SMILES string of the molecule is O=P1(O)Oc2c(-c3c(O)cccc3O)cc3ccccc3c2-c2c(c(-c3c(O)cccc3O)cc3ccccc23)O1. The summed E-state index contributed by atoms with van der Waals surface area (Å²) in [5.74, 6) is -1.23. The largest absolute Gasteiger partial charge is 0.584 e. The minimum atomic E-state index is -4.93. The van der Waals surface area contributed by atoms with Crippen molar-refractivity contribution < 1.29 is 38.9 Å². The van der Waals surface area contributed by atoms with Gasteiger partial charge in [0.15, 0.2) is 0 Å². The van der Waals surface area contributed by atoms with Crippen LogP contribution in [0.15, 0.2) is 97.1 Å². The van der Waals surface area contributed by atoms with E-state index >= 15 is 0 Å². The number of phosphoric acid groups is 1. The molecule has 1 aliphatic rings. The fourth-order valence-electron chi connectivity index (χ4n) is 5.57. The minimum absolute atomic E-state index is 0.0109. The molecule has 0 atom stereocenters. The van der Waals surface area contributed by atoms with E-state index in [1.165, 1.54) is 36.4 Å². The Hall–Kier alpha value is -5.17. The van der Waals surface area contributed by atoms with E-state index in [-0.39, 0.29) is 56.8 Å². The van der Waals surface area contributed by atoms with Gasteiger partial charge in [-0.05, 0) is 57.9 Å². The van der Waals surface area contributed by atoms with Crippen LogP contribution in [-0.2, 0) is 4.57 Å². The average molecular weight is 564 g/mol. The normalized spacial score (nSPS) is 13.6. The molecule has 0 amide bonds. The molecule has 9 heteroatoms. The molecule has 5 N–H and O–H groups in total. The summed E-state index contributed by atoms with van der Waals surface area (Å²) in [5.41, 5.74) is 1.10. The Morgan fingerprint density at radius 1 is 0.488 bits per heavy atom. The van der Waals surface area contributed by atoms with E-state index in [2.05, 4.69) is 0 Å². The molecule has 41 heavy (non-hydrogen) atoms. The lowest BCUT2D eigenvalue weighted by molar-refractivity contribution is 0.295. The van der Waals surface area contributed by atoms with E-state index in [0.29, 0.717) is 32.7 Å². The lowest BCUT2D eigenvalue weighted by Crippen LogP contribution is -2.00. The molecular formula is C32H21O8P. The predicted molar refractivity (Wildman–Crippen MR) is 156 cm³/mol. The molecular weight excluding hydrogens is 543 g/mol. The first-order chi connectivity index (χ1) is 19.7. The van der Waals surface area contributed by atoms with Gasteiger partial charge in [0, 0.05) is 22.3 Å². The van der Waals surface area contributed by atoms with Crippen LogP contribution in [0.5, 0.6) is 34.5 Å². The first-order valence-corrected chi connectivity index (χ1v) is 14.1. The van der Waals surface area contributed by atoms with Crippen LogP contribution in [-0.4, -0.2) is 25.3 Å². The van der Waals surface area contributed by atoms with Gasteiger partial charge in [-0.2, -0.15) is 0 Å². The van der Waals surface area contributed by atoms with Crippen LogP contribution in [0.2, 0.25) is 0 Å². The molecule has 202 valence electrons. The molecule has 0 saturated carbocycles. The van der Waals surface area contributed by atoms with E-state index in [1.54, 1.807) is 12.1 Å². The Morgan fingerprint density at radius 2 is 0.854 bits per heavy atom. The highest BCUT2D eigenvalue weighted by atomic mass is 31.2. The Labute approximate surface area is 233 Å². The standard InChI is InChI=1S/C32H21O8P/c33-23-11-5-12-24(34)27(23)21-15-17-7-1-3-9-19(17)29-30-20-10-4-2-8-18(20)16-22(28-25(35)13-6-14-26(28)36)32(30)40-41(37,38)39-31(21)29/h1-16,33-36H,(H,37,38). The summed E-state index contributed by atoms with van der Waals surface area (Å²) in [7, 11) is -4.93. The zero-order chi connectivity index (χ0) is 28.5. The number of phosphoric ester groups is 1. The maximum atomic E-state index is 13.6. The Bertz CT molecular complexity index is 1920. The van der Waals surface area contributed by atoms with Crippen LogP contribution in [0.3, 0.4) is 0 Å². The number of hydrogen-bond donors (Lipinski definition) is 5. The first-order valence-electron chi connectivity index (χ1n) is 12.6. The Morgan fingerprint density at radius 3 is 1.24 bits per heavy atom. The molecule has 1 heterocycles. The molecule has 0 unspecified atom stereocenters. The number of aromatic hydroxyl groups is 4. The molecule has 0 saturated heterocycles. The van der Waals surface area contributed by atoms with Crippen molar-refractivity contribution in [1.82, 2.24) is 0 Å². The molecule has 0 fully saturated rings. The maximum Gasteiger partial charge on any atom is 0.584 e. The molecule has 1 aliphatic heterocycles. The first kappa shape index (κ1) is 24.8. The van der Waals surface area contributed by atoms with Crippen molar-refractivity contribution >= 4 is 29.4 Å². The third kappa shape index (κ3) is 3.84. The van der Waals surface area contributed by atoms with Gasteiger partial charge in [-0.3, -0.25) is 4.89 Å². The van der Waals surface area contributed by atoms with Crippen LogP contribution in [0.4, 0.5) is 0 Å². The van der Waals surface area contributed by atoms with Crippen molar-refractivity contribution in [1.29, 1.82) is 0 Å². The van der Waals surface area contributed by atoms with Gasteiger partial charge in [0.1, 0.15) is 34.5 Å². The summed E-state index contributed by atoms with van der Waals surface area (Å²) in [6.45, 7) is 0. The molecule has 6 aromatic carbocycles. The van der Waals surface area contributed by atoms with Crippen molar-refractivity contribution in [3.8, 4) is 67.9 Å². The van der Waals surface area contributed by atoms with E-state index in [9.17, 15) is 29.9 Å². The second-order valence-corrected chi connectivity index (χ2v) is 11.0. The van der Waals surface area contributed by atoms with Crippen LogP contribution in [0.25, 0.3) is 54.9 Å². The summed E-state index contributed by atoms with van der Waals surface area (Å²) < 4.78 is 25.2. The Balaban J connectivity index is 1.74. The quantitative estimate of drug-likeness (QED) is 0.135. The topological polar surface area (TPSA) is 137 Å². The summed E-state index contributed by atoms with van der Waals surface area (Å²) in [6, 6.07) is 26.4. The van der Waals surface area contributed by atoms with Gasteiger partial charge in [-0.25, -0.2) is 4.57 Å². The fraction of sp³-hybridized carbons (Fsp3) is 0. The van der Waals surface area contributed by atoms with Gasteiger partial charge in [-0.1, -0.05) is 60.7 Å². The van der Waals surface area contributed by atoms with Gasteiger partial charge >= 0.3 is 7.82 Å². The van der Waals surface area contributed by atoms with Gasteiger partial charge in [0.05, 0.1) is 11.1 Å². The average Bonchev–Trinajstić information content (AvgIpc) is 3.06. The second kappa shape index (κ2) is 8.93. The zero-order valence-electron chi connectivity index (χ0n) is 21.1. The fourth-order valence-corrected chi connectivity index (χ4v) is 6.45. The molecule has 0 aromatic heterocycles. The molecule has 6 aromatic rings. The summed E-state index contributed by atoms with van der Waals surface area (Å²) in [6.07, 6.45) is 0. The maximum absolute atomic E-state index is 13.6. The van der Waals surface area contributed by atoms with Crippen LogP contribution >= 0.6 is 7.82 Å². The van der Waals surface area contributed by atoms with Gasteiger partial charge in [-0.15, -0.1) is 0 Å². The van der Waals surface area contributed by atoms with E-state index < -0.39 is 7.82 Å². The molecule has 0 radical (unpaired) electrons. The van der Waals surface area contributed by atoms with Gasteiger partial charge in [0.25, 0.3) is 0 Å². The number of hydrogen-bond acceptors (Lipinski definition) is 7. The van der Waals surface area contributed by atoms with Crippen molar-refractivity contribution in [3.63, 3.8) is 0 Å². The molecule has 8 nitrogen and oxygen atoms in total. The third-order valence-corrected chi connectivity index (χ3v) is 8.07. The lowest BCUT2D eigenvalue weighted by Gasteiger charge is -2.19. The third-order valence-electron chi connectivity index (χ3n) is 7.25. The van der Waals surface area contributed by atoms with E-state index in [0.717, 1.165) is 0 Å². The number of rotatable bonds is 2. The molecule has 0 aliphatic carbocycles. The summed E-state index contributed by atoms with van der Waals surface area (Å²) in [4.78, 5) is 11.1. The summed E-state index contributed by atoms with van der Waals surface area (Å²) >= 11 is 0. The number of phenolic OH excluding ortho intramolecular Hbond substituents is 4. The smallest absolute Gasteiger partial charge is 0.507 e. The number of fused-ring (bicyclic) bond motifs is 7. The van der Waals surface area contributed by atoms with Crippen LogP contribution < -0.4 is 9.05 Å². The number of benzene rings is 6. The van der Waals surface area contributed by atoms with Crippen molar-refractivity contribution in [2.24, 2.45) is 0 Å². The van der Waals surface area contributed by atoms with Gasteiger partial charge in [0.2, 0.25) is 0 Å². The van der Waals surface area contributed by atoms with Crippen molar-refractivity contribution in [2.75, 3.05) is 0 Å². The Kier molecular flexibility index (Phi) is 5.41. The van der Waals surface area contributed by atoms with Crippen LogP contribution in [0.1, 0.15) is 0 Å². The highest BCUT2D eigenvalue weighted by Gasteiger charge is 2.38. The van der Waals surface area contributed by atoms with Crippen molar-refractivity contribution in [2.45, 2.75) is 0 Å². The summed E-state index contributed by atoms with van der Waals surface area (Å²) in [5, 5.41) is 45.9. The lowest BCUT2D eigenvalue weighted by atomic mass is 9.86. The van der Waals surface area contributed by atoms with Crippen molar-refractivity contribution in [3.05, 3.63) is 97.1 Å². The van der Waals surface area contributed by atoms with E-state index in [1.807, 2.05) is 48.5 Å². The second-order valence-electron chi connectivity index (χ2n) is 9.69. The van der Waals surface area contributed by atoms with Gasteiger partial charge < -0.3 is 29.5 Å².